The van der Waals surface area contributed by atoms with Crippen LogP contribution in [0.15, 0.2) is 24.3 Å². The van der Waals surface area contributed by atoms with Gasteiger partial charge >= 0.3 is 0 Å². The normalized spacial score (nSPS) is 15.5. The van der Waals surface area contributed by atoms with Gasteiger partial charge in [0.2, 0.25) is 0 Å². The van der Waals surface area contributed by atoms with Crippen LogP contribution in [0.5, 0.6) is 5.75 Å². The third-order valence-electron chi connectivity index (χ3n) is 2.23. The molecule has 1 aliphatic carbocycles. The smallest absolute Gasteiger partial charge is 0.119 e. The van der Waals surface area contributed by atoms with Gasteiger partial charge in [-0.1, -0.05) is 12.1 Å². The molecule has 14 heavy (non-hydrogen) atoms. The first kappa shape index (κ1) is 9.49. The molecule has 3 heteroatoms. The largest absolute Gasteiger partial charge is 0.490 e. The van der Waals surface area contributed by atoms with Gasteiger partial charge in [-0.15, -0.1) is 0 Å². The zero-order chi connectivity index (χ0) is 9.80. The van der Waals surface area contributed by atoms with Crippen molar-refractivity contribution in [3.05, 3.63) is 29.8 Å². The van der Waals surface area contributed by atoms with Gasteiger partial charge < -0.3 is 9.57 Å². The molecule has 1 aromatic rings. The molecule has 1 aromatic carbocycles. The third-order valence-corrected chi connectivity index (χ3v) is 2.23. The Balaban J connectivity index is 1.94. The van der Waals surface area contributed by atoms with Crippen molar-refractivity contribution in [3.8, 4) is 5.75 Å². The summed E-state index contributed by atoms with van der Waals surface area (Å²) in [4.78, 5) is 4.54. The average Bonchev–Trinajstić information content (AvgIpc) is 2.99. The van der Waals surface area contributed by atoms with Crippen molar-refractivity contribution in [2.45, 2.75) is 25.4 Å². The molecule has 0 radical (unpaired) electrons. The minimum Gasteiger partial charge on any atom is -0.490 e. The predicted molar refractivity (Wildman–Crippen MR) is 53.9 cm³/mol. The number of hydrogen-bond acceptors (Lipinski definition) is 3. The van der Waals surface area contributed by atoms with Gasteiger partial charge in [-0.3, -0.25) is 0 Å². The topological polar surface area (TPSA) is 44.5 Å². The van der Waals surface area contributed by atoms with E-state index in [1.807, 2.05) is 12.1 Å². The summed E-state index contributed by atoms with van der Waals surface area (Å²) in [5, 5.41) is 0. The van der Waals surface area contributed by atoms with E-state index in [-0.39, 0.29) is 0 Å². The number of benzene rings is 1. The summed E-state index contributed by atoms with van der Waals surface area (Å²) in [7, 11) is 0. The molecule has 1 saturated carbocycles. The van der Waals surface area contributed by atoms with Gasteiger partial charge in [0.05, 0.1) is 12.7 Å². The van der Waals surface area contributed by atoms with Gasteiger partial charge in [0, 0.05) is 0 Å². The lowest BCUT2D eigenvalue weighted by Gasteiger charge is -2.06. The van der Waals surface area contributed by atoms with Gasteiger partial charge in [-0.05, 0) is 37.0 Å². The molecule has 2 N–H and O–H groups in total. The molecule has 0 atom stereocenters. The first-order valence-corrected chi connectivity index (χ1v) is 4.96. The quantitative estimate of drug-likeness (QED) is 0.723. The fraction of sp³-hybridized carbons (Fsp3) is 0.455. The summed E-state index contributed by atoms with van der Waals surface area (Å²) < 4.78 is 5.67. The van der Waals surface area contributed by atoms with Crippen molar-refractivity contribution in [2.75, 3.05) is 6.61 Å². The van der Waals surface area contributed by atoms with Crippen molar-refractivity contribution in [1.29, 1.82) is 0 Å². The maximum Gasteiger partial charge on any atom is 0.119 e. The van der Waals surface area contributed by atoms with E-state index in [2.05, 4.69) is 17.0 Å². The summed E-state index contributed by atoms with van der Waals surface area (Å²) in [5.41, 5.74) is 1.20. The Morgan fingerprint density at radius 2 is 2.21 bits per heavy atom. The molecule has 0 unspecified atom stereocenters. The fourth-order valence-electron chi connectivity index (χ4n) is 1.33. The highest BCUT2D eigenvalue weighted by Gasteiger charge is 2.23. The summed E-state index contributed by atoms with van der Waals surface area (Å²) in [6, 6.07) is 8.10. The van der Waals surface area contributed by atoms with Crippen LogP contribution in [-0.2, 0) is 11.3 Å². The van der Waals surface area contributed by atoms with Crippen molar-refractivity contribution >= 4 is 0 Å². The van der Waals surface area contributed by atoms with Crippen molar-refractivity contribution in [2.24, 2.45) is 5.90 Å². The highest BCUT2D eigenvalue weighted by Crippen LogP contribution is 2.27. The molecule has 0 saturated heterocycles. The SMILES string of the molecule is NOCCc1cccc(OC2CC2)c1. The molecule has 0 spiro atoms. The molecule has 0 amide bonds. The molecule has 3 nitrogen and oxygen atoms in total. The Kier molecular flexibility index (Phi) is 3.01. The van der Waals surface area contributed by atoms with Crippen LogP contribution in [0.2, 0.25) is 0 Å². The Labute approximate surface area is 83.8 Å². The van der Waals surface area contributed by atoms with E-state index >= 15 is 0 Å². The maximum absolute atomic E-state index is 5.67. The molecule has 2 rings (SSSR count). The molecule has 0 heterocycles. The minimum absolute atomic E-state index is 0.455. The fourth-order valence-corrected chi connectivity index (χ4v) is 1.33. The Bertz CT molecular complexity index is 297. The standard InChI is InChI=1S/C11H15NO2/c12-13-7-6-9-2-1-3-11(8-9)14-10-4-5-10/h1-3,8,10H,4-7,12H2. The second-order valence-corrected chi connectivity index (χ2v) is 3.59. The Hall–Kier alpha value is -1.06. The highest BCUT2D eigenvalue weighted by atomic mass is 16.6. The maximum atomic E-state index is 5.67. The van der Waals surface area contributed by atoms with E-state index in [0.717, 1.165) is 12.2 Å². The third kappa shape index (κ3) is 2.72. The molecule has 1 fully saturated rings. The van der Waals surface area contributed by atoms with Crippen LogP contribution < -0.4 is 10.6 Å². The van der Waals surface area contributed by atoms with Gasteiger partial charge in [-0.25, -0.2) is 5.90 Å². The van der Waals surface area contributed by atoms with Crippen LogP contribution in [0, 0.1) is 0 Å². The van der Waals surface area contributed by atoms with Crippen LogP contribution in [0.1, 0.15) is 18.4 Å². The number of hydrogen-bond donors (Lipinski definition) is 1. The molecule has 1 aliphatic rings. The second-order valence-electron chi connectivity index (χ2n) is 3.59. The van der Waals surface area contributed by atoms with Crippen LogP contribution in [0.25, 0.3) is 0 Å². The van der Waals surface area contributed by atoms with E-state index in [9.17, 15) is 0 Å². The zero-order valence-corrected chi connectivity index (χ0v) is 8.11. The number of ether oxygens (including phenoxy) is 1. The van der Waals surface area contributed by atoms with E-state index in [4.69, 9.17) is 10.6 Å². The number of rotatable bonds is 5. The molecule has 0 bridgehead atoms. The second kappa shape index (κ2) is 4.44. The summed E-state index contributed by atoms with van der Waals surface area (Å²) in [5.74, 6) is 5.93. The van der Waals surface area contributed by atoms with E-state index in [0.29, 0.717) is 12.7 Å². The lowest BCUT2D eigenvalue weighted by atomic mass is 10.1. The Morgan fingerprint density at radius 3 is 2.93 bits per heavy atom. The molecule has 0 aromatic heterocycles. The van der Waals surface area contributed by atoms with E-state index in [1.54, 1.807) is 0 Å². The van der Waals surface area contributed by atoms with Crippen molar-refractivity contribution in [3.63, 3.8) is 0 Å². The monoisotopic (exact) mass is 193 g/mol. The number of nitrogens with two attached hydrogens (primary N) is 1. The van der Waals surface area contributed by atoms with Crippen LogP contribution >= 0.6 is 0 Å². The molecular weight excluding hydrogens is 178 g/mol. The first-order chi connectivity index (χ1) is 6.88. The summed E-state index contributed by atoms with van der Waals surface area (Å²) >= 11 is 0. The zero-order valence-electron chi connectivity index (χ0n) is 8.11. The van der Waals surface area contributed by atoms with Gasteiger partial charge in [-0.2, -0.15) is 0 Å². The van der Waals surface area contributed by atoms with Crippen LogP contribution in [0.4, 0.5) is 0 Å². The van der Waals surface area contributed by atoms with E-state index in [1.165, 1.54) is 18.4 Å². The highest BCUT2D eigenvalue weighted by molar-refractivity contribution is 5.29. The summed E-state index contributed by atoms with van der Waals surface area (Å²) in [6.07, 6.45) is 3.67. The van der Waals surface area contributed by atoms with Gasteiger partial charge in [0.15, 0.2) is 0 Å². The van der Waals surface area contributed by atoms with Crippen molar-refractivity contribution in [1.82, 2.24) is 0 Å². The molecule has 0 aliphatic heterocycles. The molecular formula is C11H15NO2. The van der Waals surface area contributed by atoms with Crippen LogP contribution in [0.3, 0.4) is 0 Å². The first-order valence-electron chi connectivity index (χ1n) is 4.96. The lowest BCUT2D eigenvalue weighted by Crippen LogP contribution is -2.04. The predicted octanol–water partition coefficient (Wildman–Crippen LogP) is 1.66. The molecule has 76 valence electrons. The summed E-state index contributed by atoms with van der Waals surface area (Å²) in [6.45, 7) is 0.548. The Morgan fingerprint density at radius 1 is 1.36 bits per heavy atom. The van der Waals surface area contributed by atoms with Gasteiger partial charge in [0.25, 0.3) is 0 Å². The van der Waals surface area contributed by atoms with Crippen LogP contribution in [-0.4, -0.2) is 12.7 Å². The van der Waals surface area contributed by atoms with Crippen molar-refractivity contribution < 1.29 is 9.57 Å². The van der Waals surface area contributed by atoms with E-state index < -0.39 is 0 Å². The lowest BCUT2D eigenvalue weighted by molar-refractivity contribution is 0.141. The van der Waals surface area contributed by atoms with Gasteiger partial charge in [0.1, 0.15) is 5.75 Å². The average molecular weight is 193 g/mol. The minimum atomic E-state index is 0.455.